The van der Waals surface area contributed by atoms with Gasteiger partial charge in [-0.15, -0.1) is 0 Å². The van der Waals surface area contributed by atoms with E-state index in [1.807, 2.05) is 0 Å². The van der Waals surface area contributed by atoms with Gasteiger partial charge >= 0.3 is 5.97 Å². The Bertz CT molecular complexity index is 1280. The van der Waals surface area contributed by atoms with Crippen LogP contribution in [-0.4, -0.2) is 39.6 Å². The zero-order valence-corrected chi connectivity index (χ0v) is 16.7. The molecule has 0 bridgehead atoms. The van der Waals surface area contributed by atoms with Crippen LogP contribution in [0.4, 0.5) is 0 Å². The number of imide groups is 2. The topological polar surface area (TPSA) is 114 Å². The van der Waals surface area contributed by atoms with Crippen molar-refractivity contribution in [1.82, 2.24) is 9.96 Å². The minimum atomic E-state index is -1.06. The van der Waals surface area contributed by atoms with E-state index in [4.69, 9.17) is 9.25 Å². The number of fused-ring (bicyclic) bond motifs is 2. The SMILES string of the molecule is Cc1oc(C(=O)ON2C(=O)c3ccccc3C2=O)cc1CN1C(=O)c2ccccc2C1=O. The van der Waals surface area contributed by atoms with Crippen LogP contribution in [0.5, 0.6) is 0 Å². The molecule has 0 unspecified atom stereocenters. The molecule has 4 amide bonds. The van der Waals surface area contributed by atoms with Crippen molar-refractivity contribution in [3.63, 3.8) is 0 Å². The molecule has 0 saturated heterocycles. The minimum Gasteiger partial charge on any atom is -0.454 e. The van der Waals surface area contributed by atoms with Crippen LogP contribution in [0, 0.1) is 6.92 Å². The highest BCUT2D eigenvalue weighted by Crippen LogP contribution is 2.27. The van der Waals surface area contributed by atoms with Gasteiger partial charge in [-0.05, 0) is 37.3 Å². The zero-order valence-electron chi connectivity index (χ0n) is 16.7. The Balaban J connectivity index is 1.34. The molecule has 158 valence electrons. The van der Waals surface area contributed by atoms with Gasteiger partial charge in [-0.2, -0.15) is 0 Å². The molecule has 5 rings (SSSR count). The smallest absolute Gasteiger partial charge is 0.399 e. The predicted octanol–water partition coefficient (Wildman–Crippen LogP) is 2.75. The van der Waals surface area contributed by atoms with Crippen molar-refractivity contribution in [3.05, 3.63) is 93.9 Å². The van der Waals surface area contributed by atoms with Crippen LogP contribution in [0.15, 0.2) is 59.0 Å². The molecule has 3 heterocycles. The second kappa shape index (κ2) is 7.02. The third-order valence-electron chi connectivity index (χ3n) is 5.36. The normalized spacial score (nSPS) is 14.8. The Morgan fingerprint density at radius 1 is 0.812 bits per heavy atom. The van der Waals surface area contributed by atoms with Gasteiger partial charge in [0.15, 0.2) is 0 Å². The number of hydrogen-bond acceptors (Lipinski definition) is 7. The lowest BCUT2D eigenvalue weighted by molar-refractivity contribution is -0.0603. The van der Waals surface area contributed by atoms with E-state index in [2.05, 4.69) is 0 Å². The molecule has 3 aromatic rings. The number of aryl methyl sites for hydroxylation is 1. The van der Waals surface area contributed by atoms with E-state index in [9.17, 15) is 24.0 Å². The summed E-state index contributed by atoms with van der Waals surface area (Å²) in [6.45, 7) is 1.45. The Morgan fingerprint density at radius 2 is 1.28 bits per heavy atom. The fourth-order valence-corrected chi connectivity index (χ4v) is 3.71. The lowest BCUT2D eigenvalue weighted by Gasteiger charge is -2.12. The van der Waals surface area contributed by atoms with Crippen molar-refractivity contribution in [2.75, 3.05) is 0 Å². The van der Waals surface area contributed by atoms with Crippen LogP contribution >= 0.6 is 0 Å². The Hall–Kier alpha value is -4.53. The fraction of sp³-hybridized carbons (Fsp3) is 0.0870. The molecule has 0 radical (unpaired) electrons. The van der Waals surface area contributed by atoms with Crippen molar-refractivity contribution < 1.29 is 33.2 Å². The van der Waals surface area contributed by atoms with Crippen LogP contribution < -0.4 is 0 Å². The molecule has 0 N–H and O–H groups in total. The van der Waals surface area contributed by atoms with E-state index < -0.39 is 29.6 Å². The van der Waals surface area contributed by atoms with Crippen LogP contribution in [0.1, 0.15) is 63.3 Å². The zero-order chi connectivity index (χ0) is 22.6. The van der Waals surface area contributed by atoms with Crippen molar-refractivity contribution in [1.29, 1.82) is 0 Å². The van der Waals surface area contributed by atoms with Crippen molar-refractivity contribution in [2.24, 2.45) is 0 Å². The summed E-state index contributed by atoms with van der Waals surface area (Å²) in [5.74, 6) is -3.44. The molecule has 0 aliphatic carbocycles. The maximum absolute atomic E-state index is 12.6. The second-order valence-electron chi connectivity index (χ2n) is 7.26. The predicted molar refractivity (Wildman–Crippen MR) is 106 cm³/mol. The highest BCUT2D eigenvalue weighted by molar-refractivity contribution is 6.22. The van der Waals surface area contributed by atoms with Crippen molar-refractivity contribution in [2.45, 2.75) is 13.5 Å². The maximum Gasteiger partial charge on any atom is 0.399 e. The van der Waals surface area contributed by atoms with E-state index in [1.54, 1.807) is 43.3 Å². The Morgan fingerprint density at radius 3 is 1.78 bits per heavy atom. The van der Waals surface area contributed by atoms with Crippen LogP contribution in [0.25, 0.3) is 0 Å². The summed E-state index contributed by atoms with van der Waals surface area (Å²) in [4.78, 5) is 68.5. The van der Waals surface area contributed by atoms with Gasteiger partial charge in [0, 0.05) is 5.56 Å². The molecular weight excluding hydrogens is 416 g/mol. The monoisotopic (exact) mass is 430 g/mol. The van der Waals surface area contributed by atoms with Gasteiger partial charge in [-0.3, -0.25) is 24.1 Å². The van der Waals surface area contributed by atoms with Crippen LogP contribution in [-0.2, 0) is 11.4 Å². The first-order valence-electron chi connectivity index (χ1n) is 9.61. The summed E-state index contributed by atoms with van der Waals surface area (Å²) in [6, 6.07) is 13.9. The van der Waals surface area contributed by atoms with Gasteiger partial charge in [-0.25, -0.2) is 4.79 Å². The number of hydrogen-bond donors (Lipinski definition) is 0. The van der Waals surface area contributed by atoms with Gasteiger partial charge in [-0.1, -0.05) is 29.3 Å². The summed E-state index contributed by atoms with van der Waals surface area (Å²) in [6.07, 6.45) is 0. The lowest BCUT2D eigenvalue weighted by atomic mass is 10.1. The fourth-order valence-electron chi connectivity index (χ4n) is 3.71. The number of carbonyl (C=O) groups excluding carboxylic acids is 5. The van der Waals surface area contributed by atoms with E-state index in [-0.39, 0.29) is 29.2 Å². The third-order valence-corrected chi connectivity index (χ3v) is 5.36. The molecule has 9 nitrogen and oxygen atoms in total. The molecule has 2 aliphatic rings. The van der Waals surface area contributed by atoms with Gasteiger partial charge in [0.25, 0.3) is 23.6 Å². The largest absolute Gasteiger partial charge is 0.454 e. The number of amides is 4. The molecule has 0 saturated carbocycles. The first kappa shape index (κ1) is 19.4. The summed E-state index contributed by atoms with van der Waals surface area (Å²) in [7, 11) is 0. The first-order valence-corrected chi connectivity index (χ1v) is 9.61. The van der Waals surface area contributed by atoms with Crippen molar-refractivity contribution in [3.8, 4) is 0 Å². The lowest BCUT2D eigenvalue weighted by Crippen LogP contribution is -2.32. The molecule has 1 aromatic heterocycles. The van der Waals surface area contributed by atoms with Gasteiger partial charge in [0.1, 0.15) is 5.76 Å². The minimum absolute atomic E-state index is 0.109. The highest BCUT2D eigenvalue weighted by Gasteiger charge is 2.40. The van der Waals surface area contributed by atoms with Gasteiger partial charge in [0.05, 0.1) is 28.8 Å². The number of hydroxylamine groups is 2. The summed E-state index contributed by atoms with van der Waals surface area (Å²) < 4.78 is 5.42. The van der Waals surface area contributed by atoms with E-state index >= 15 is 0 Å². The summed E-state index contributed by atoms with van der Waals surface area (Å²) in [5.41, 5.74) is 1.29. The Labute approximate surface area is 180 Å². The molecule has 2 aliphatic heterocycles. The maximum atomic E-state index is 12.6. The van der Waals surface area contributed by atoms with Crippen LogP contribution in [0.2, 0.25) is 0 Å². The van der Waals surface area contributed by atoms with Crippen LogP contribution in [0.3, 0.4) is 0 Å². The number of benzene rings is 2. The number of rotatable bonds is 4. The summed E-state index contributed by atoms with van der Waals surface area (Å²) >= 11 is 0. The average Bonchev–Trinajstić information content (AvgIpc) is 3.37. The first-order chi connectivity index (χ1) is 15.4. The number of furan rings is 1. The summed E-state index contributed by atoms with van der Waals surface area (Å²) in [5, 5.41) is 0.384. The molecule has 2 aromatic carbocycles. The molecular formula is C23H14N2O7. The molecule has 32 heavy (non-hydrogen) atoms. The van der Waals surface area contributed by atoms with E-state index in [0.29, 0.717) is 21.8 Å². The van der Waals surface area contributed by atoms with Gasteiger partial charge in [0.2, 0.25) is 5.76 Å². The Kier molecular flexibility index (Phi) is 4.26. The molecule has 0 fully saturated rings. The van der Waals surface area contributed by atoms with Gasteiger partial charge < -0.3 is 9.25 Å². The molecule has 9 heteroatoms. The third kappa shape index (κ3) is 2.83. The quantitative estimate of drug-likeness (QED) is 0.585. The van der Waals surface area contributed by atoms with E-state index in [0.717, 1.165) is 4.90 Å². The molecule has 0 spiro atoms. The number of carbonyl (C=O) groups is 5. The second-order valence-corrected chi connectivity index (χ2v) is 7.26. The molecule has 0 atom stereocenters. The number of nitrogens with zero attached hydrogens (tertiary/aromatic N) is 2. The van der Waals surface area contributed by atoms with E-state index in [1.165, 1.54) is 18.2 Å². The average molecular weight is 430 g/mol. The standard InChI is InChI=1S/C23H14N2O7/c1-12-13(11-24-19(26)14-6-2-3-7-15(14)20(24)27)10-18(31-12)23(30)32-25-21(28)16-8-4-5-9-17(16)22(25)29/h2-10H,11H2,1H3. The highest BCUT2D eigenvalue weighted by atomic mass is 16.7. The van der Waals surface area contributed by atoms with Crippen molar-refractivity contribution >= 4 is 29.6 Å².